The van der Waals surface area contributed by atoms with Crippen molar-refractivity contribution in [2.75, 3.05) is 19.0 Å². The summed E-state index contributed by atoms with van der Waals surface area (Å²) in [6, 6.07) is 6.15. The monoisotopic (exact) mass is 167 g/mol. The molecule has 0 saturated heterocycles. The molecule has 2 heteroatoms. The molecule has 0 fully saturated rings. The minimum Gasteiger partial charge on any atom is -0.377 e. The molecule has 0 atom stereocenters. The first-order chi connectivity index (χ1) is 5.11. The highest BCUT2D eigenvalue weighted by atomic mass is 32.1. The molecule has 1 rings (SSSR count). The van der Waals surface area contributed by atoms with Crippen molar-refractivity contribution < 1.29 is 0 Å². The van der Waals surface area contributed by atoms with Gasteiger partial charge in [-0.2, -0.15) is 0 Å². The van der Waals surface area contributed by atoms with Crippen LogP contribution >= 0.6 is 12.6 Å². The predicted octanol–water partition coefficient (Wildman–Crippen LogP) is 2.35. The van der Waals surface area contributed by atoms with Crippen molar-refractivity contribution in [1.29, 1.82) is 0 Å². The van der Waals surface area contributed by atoms with E-state index in [0.717, 1.165) is 4.90 Å². The van der Waals surface area contributed by atoms with Gasteiger partial charge in [-0.15, -0.1) is 12.6 Å². The summed E-state index contributed by atoms with van der Waals surface area (Å²) in [5.41, 5.74) is 2.52. The van der Waals surface area contributed by atoms with Crippen LogP contribution in [0.15, 0.2) is 23.1 Å². The van der Waals surface area contributed by atoms with E-state index < -0.39 is 0 Å². The molecule has 0 heterocycles. The zero-order valence-corrected chi connectivity index (χ0v) is 8.02. The molecule has 0 aromatic heterocycles. The molecule has 1 aromatic rings. The molecule has 60 valence electrons. The molecular formula is C9H13NS. The molecule has 11 heavy (non-hydrogen) atoms. The number of benzene rings is 1. The number of hydrogen-bond donors (Lipinski definition) is 1. The zero-order chi connectivity index (χ0) is 8.43. The van der Waals surface area contributed by atoms with Gasteiger partial charge in [-0.05, 0) is 24.6 Å². The maximum absolute atomic E-state index is 4.27. The third kappa shape index (κ3) is 1.90. The van der Waals surface area contributed by atoms with Crippen LogP contribution in [-0.4, -0.2) is 14.1 Å². The second-order valence-corrected chi connectivity index (χ2v) is 3.38. The van der Waals surface area contributed by atoms with E-state index in [9.17, 15) is 0 Å². The maximum atomic E-state index is 4.27. The van der Waals surface area contributed by atoms with Gasteiger partial charge >= 0.3 is 0 Å². The zero-order valence-electron chi connectivity index (χ0n) is 7.13. The van der Waals surface area contributed by atoms with Gasteiger partial charge in [0, 0.05) is 24.7 Å². The lowest BCUT2D eigenvalue weighted by molar-refractivity contribution is 1.10. The van der Waals surface area contributed by atoms with E-state index in [1.165, 1.54) is 11.3 Å². The predicted molar refractivity (Wildman–Crippen MR) is 52.8 cm³/mol. The van der Waals surface area contributed by atoms with E-state index >= 15 is 0 Å². The van der Waals surface area contributed by atoms with Gasteiger partial charge in [0.2, 0.25) is 0 Å². The van der Waals surface area contributed by atoms with Crippen LogP contribution < -0.4 is 4.90 Å². The summed E-state index contributed by atoms with van der Waals surface area (Å²) >= 11 is 4.27. The second-order valence-electron chi connectivity index (χ2n) is 2.87. The number of hydrogen-bond acceptors (Lipinski definition) is 2. The van der Waals surface area contributed by atoms with Crippen LogP contribution in [0.3, 0.4) is 0 Å². The van der Waals surface area contributed by atoms with Gasteiger partial charge in [-0.3, -0.25) is 0 Å². The summed E-state index contributed by atoms with van der Waals surface area (Å²) < 4.78 is 0. The molecule has 0 aliphatic heterocycles. The minimum atomic E-state index is 1.01. The van der Waals surface area contributed by atoms with Crippen LogP contribution in [0.2, 0.25) is 0 Å². The quantitative estimate of drug-likeness (QED) is 0.628. The smallest absolute Gasteiger partial charge is 0.0401 e. The Morgan fingerprint density at radius 3 is 2.36 bits per heavy atom. The van der Waals surface area contributed by atoms with E-state index in [-0.39, 0.29) is 0 Å². The molecule has 1 aromatic carbocycles. The normalized spacial score (nSPS) is 9.82. The van der Waals surface area contributed by atoms with Crippen molar-refractivity contribution >= 4 is 18.3 Å². The number of anilines is 1. The molecule has 0 bridgehead atoms. The van der Waals surface area contributed by atoms with Crippen LogP contribution in [-0.2, 0) is 0 Å². The Morgan fingerprint density at radius 1 is 1.27 bits per heavy atom. The second kappa shape index (κ2) is 3.18. The summed E-state index contributed by atoms with van der Waals surface area (Å²) in [6.45, 7) is 2.10. The van der Waals surface area contributed by atoms with Crippen LogP contribution in [0.4, 0.5) is 5.69 Å². The van der Waals surface area contributed by atoms with Crippen LogP contribution in [0.1, 0.15) is 5.56 Å². The van der Waals surface area contributed by atoms with E-state index in [0.29, 0.717) is 0 Å². The molecule has 0 aliphatic rings. The Hall–Kier alpha value is -0.630. The molecule has 0 amide bonds. The largest absolute Gasteiger partial charge is 0.377 e. The third-order valence-corrected chi connectivity index (χ3v) is 1.95. The summed E-state index contributed by atoms with van der Waals surface area (Å²) in [6.07, 6.45) is 0. The first kappa shape index (κ1) is 8.47. The van der Waals surface area contributed by atoms with Gasteiger partial charge < -0.3 is 4.90 Å². The number of thiol groups is 1. The lowest BCUT2D eigenvalue weighted by Gasteiger charge is -2.15. The Balaban J connectivity index is 3.13. The minimum absolute atomic E-state index is 1.01. The molecule has 0 spiro atoms. The van der Waals surface area contributed by atoms with Crippen molar-refractivity contribution in [3.8, 4) is 0 Å². The lowest BCUT2D eigenvalue weighted by Crippen LogP contribution is -2.09. The number of aryl methyl sites for hydroxylation is 1. The summed E-state index contributed by atoms with van der Waals surface area (Å²) in [5, 5.41) is 0. The number of rotatable bonds is 1. The average Bonchev–Trinajstić information content (AvgIpc) is 1.94. The molecule has 1 nitrogen and oxygen atoms in total. The molecule has 0 aliphatic carbocycles. The van der Waals surface area contributed by atoms with Gasteiger partial charge in [0.15, 0.2) is 0 Å². The van der Waals surface area contributed by atoms with Gasteiger partial charge in [-0.1, -0.05) is 6.07 Å². The molecular weight excluding hydrogens is 154 g/mol. The summed E-state index contributed by atoms with van der Waals surface area (Å²) in [4.78, 5) is 3.11. The maximum Gasteiger partial charge on any atom is 0.0401 e. The third-order valence-electron chi connectivity index (χ3n) is 1.67. The van der Waals surface area contributed by atoms with E-state index in [2.05, 4.69) is 36.6 Å². The van der Waals surface area contributed by atoms with Gasteiger partial charge in [0.05, 0.1) is 0 Å². The van der Waals surface area contributed by atoms with Crippen LogP contribution in [0, 0.1) is 6.92 Å². The first-order valence-electron chi connectivity index (χ1n) is 3.58. The summed E-state index contributed by atoms with van der Waals surface area (Å²) in [7, 11) is 4.07. The first-order valence-corrected chi connectivity index (χ1v) is 4.03. The summed E-state index contributed by atoms with van der Waals surface area (Å²) in [5.74, 6) is 0. The van der Waals surface area contributed by atoms with Gasteiger partial charge in [-0.25, -0.2) is 0 Å². The fourth-order valence-electron chi connectivity index (χ4n) is 1.08. The van der Waals surface area contributed by atoms with Crippen molar-refractivity contribution in [2.24, 2.45) is 0 Å². The standard InChI is InChI=1S/C9H13NS/c1-7-4-5-8(11)6-9(7)10(2)3/h4-6,11H,1-3H3. The van der Waals surface area contributed by atoms with Crippen molar-refractivity contribution in [3.05, 3.63) is 23.8 Å². The lowest BCUT2D eigenvalue weighted by atomic mass is 10.2. The van der Waals surface area contributed by atoms with Crippen molar-refractivity contribution in [3.63, 3.8) is 0 Å². The molecule has 0 radical (unpaired) electrons. The Kier molecular flexibility index (Phi) is 2.45. The van der Waals surface area contributed by atoms with E-state index in [4.69, 9.17) is 0 Å². The van der Waals surface area contributed by atoms with Gasteiger partial charge in [0.25, 0.3) is 0 Å². The topological polar surface area (TPSA) is 3.24 Å². The fraction of sp³-hybridized carbons (Fsp3) is 0.333. The fourth-order valence-corrected chi connectivity index (χ4v) is 1.28. The highest BCUT2D eigenvalue weighted by molar-refractivity contribution is 7.80. The van der Waals surface area contributed by atoms with Crippen LogP contribution in [0.25, 0.3) is 0 Å². The van der Waals surface area contributed by atoms with Gasteiger partial charge in [0.1, 0.15) is 0 Å². The average molecular weight is 167 g/mol. The Morgan fingerprint density at radius 2 is 1.91 bits per heavy atom. The van der Waals surface area contributed by atoms with E-state index in [1.54, 1.807) is 0 Å². The van der Waals surface area contributed by atoms with Crippen LogP contribution in [0.5, 0.6) is 0 Å². The SMILES string of the molecule is Cc1ccc(S)cc1N(C)C. The molecule has 0 N–H and O–H groups in total. The highest BCUT2D eigenvalue weighted by Crippen LogP contribution is 2.20. The Bertz CT molecular complexity index is 256. The number of nitrogens with zero attached hydrogens (tertiary/aromatic N) is 1. The Labute approximate surface area is 73.4 Å². The molecule has 0 saturated carbocycles. The van der Waals surface area contributed by atoms with Crippen molar-refractivity contribution in [2.45, 2.75) is 11.8 Å². The highest BCUT2D eigenvalue weighted by Gasteiger charge is 1.99. The van der Waals surface area contributed by atoms with E-state index in [1.807, 2.05) is 20.2 Å². The van der Waals surface area contributed by atoms with Crippen molar-refractivity contribution in [1.82, 2.24) is 0 Å². The molecule has 0 unspecified atom stereocenters.